The number of imide groups is 1. The molecule has 2 aliphatic rings. The predicted molar refractivity (Wildman–Crippen MR) is 76.1 cm³/mol. The zero-order valence-corrected chi connectivity index (χ0v) is 12.2. The van der Waals surface area contributed by atoms with Gasteiger partial charge in [0, 0.05) is 0 Å². The largest absolute Gasteiger partial charge is 0.325 e. The molecular formula is C16H20N2O2. The van der Waals surface area contributed by atoms with Crippen LogP contribution in [-0.4, -0.2) is 22.4 Å². The highest BCUT2D eigenvalue weighted by Crippen LogP contribution is 2.42. The molecule has 1 atom stereocenters. The number of hydrogen-bond acceptors (Lipinski definition) is 2. The topological polar surface area (TPSA) is 49.4 Å². The van der Waals surface area contributed by atoms with Crippen molar-refractivity contribution in [3.8, 4) is 0 Å². The third-order valence-corrected chi connectivity index (χ3v) is 4.53. The second kappa shape index (κ2) is 4.33. The molecule has 1 saturated carbocycles. The SMILES string of the molecule is Cc1ccc(C)c(CN2C(=O)N[C@](C)(C3CC3)C2=O)c1. The van der Waals surface area contributed by atoms with Gasteiger partial charge in [0.25, 0.3) is 5.91 Å². The molecule has 0 unspecified atom stereocenters. The molecular weight excluding hydrogens is 252 g/mol. The fraction of sp³-hybridized carbons (Fsp3) is 0.500. The van der Waals surface area contributed by atoms with Gasteiger partial charge in [-0.05, 0) is 50.7 Å². The second-order valence-corrected chi connectivity index (χ2v) is 6.23. The molecule has 0 bridgehead atoms. The van der Waals surface area contributed by atoms with Gasteiger partial charge in [-0.15, -0.1) is 0 Å². The highest BCUT2D eigenvalue weighted by Gasteiger charge is 2.55. The maximum Gasteiger partial charge on any atom is 0.325 e. The van der Waals surface area contributed by atoms with Crippen molar-refractivity contribution in [2.24, 2.45) is 5.92 Å². The molecule has 0 spiro atoms. The number of carbonyl (C=O) groups is 2. The second-order valence-electron chi connectivity index (χ2n) is 6.23. The molecule has 1 heterocycles. The summed E-state index contributed by atoms with van der Waals surface area (Å²) in [5.41, 5.74) is 2.60. The lowest BCUT2D eigenvalue weighted by Crippen LogP contribution is -2.46. The maximum atomic E-state index is 12.6. The van der Waals surface area contributed by atoms with Crippen LogP contribution >= 0.6 is 0 Å². The van der Waals surface area contributed by atoms with Crippen LogP contribution in [0.3, 0.4) is 0 Å². The monoisotopic (exact) mass is 272 g/mol. The average Bonchev–Trinajstić information content (AvgIpc) is 3.20. The van der Waals surface area contributed by atoms with E-state index < -0.39 is 5.54 Å². The van der Waals surface area contributed by atoms with Crippen molar-refractivity contribution in [1.29, 1.82) is 0 Å². The molecule has 1 aromatic rings. The molecule has 3 amide bonds. The summed E-state index contributed by atoms with van der Waals surface area (Å²) in [5, 5.41) is 2.88. The molecule has 4 nitrogen and oxygen atoms in total. The first-order valence-electron chi connectivity index (χ1n) is 7.12. The Morgan fingerprint density at radius 1 is 1.30 bits per heavy atom. The van der Waals surface area contributed by atoms with Crippen LogP contribution in [0.4, 0.5) is 4.79 Å². The molecule has 2 fully saturated rings. The van der Waals surface area contributed by atoms with Crippen LogP contribution in [0.1, 0.15) is 36.5 Å². The Morgan fingerprint density at radius 3 is 2.65 bits per heavy atom. The van der Waals surface area contributed by atoms with Gasteiger partial charge in [0.2, 0.25) is 0 Å². The van der Waals surface area contributed by atoms with Gasteiger partial charge in [-0.1, -0.05) is 23.8 Å². The average molecular weight is 272 g/mol. The standard InChI is InChI=1S/C16H20N2O2/c1-10-4-5-11(2)12(8-10)9-18-14(19)16(3,13-6-7-13)17-15(18)20/h4-5,8,13H,6-7,9H2,1-3H3,(H,17,20)/t16-/m1/s1. The van der Waals surface area contributed by atoms with E-state index >= 15 is 0 Å². The number of rotatable bonds is 3. The van der Waals surface area contributed by atoms with E-state index in [1.807, 2.05) is 39.0 Å². The van der Waals surface area contributed by atoms with Gasteiger partial charge in [-0.3, -0.25) is 9.69 Å². The summed E-state index contributed by atoms with van der Waals surface area (Å²) in [4.78, 5) is 26.1. The number of carbonyl (C=O) groups excluding carboxylic acids is 2. The van der Waals surface area contributed by atoms with E-state index in [0.717, 1.165) is 29.5 Å². The van der Waals surface area contributed by atoms with E-state index in [4.69, 9.17) is 0 Å². The van der Waals surface area contributed by atoms with Crippen LogP contribution in [0.25, 0.3) is 0 Å². The quantitative estimate of drug-likeness (QED) is 0.860. The number of aryl methyl sites for hydroxylation is 2. The first kappa shape index (κ1) is 13.2. The highest BCUT2D eigenvalue weighted by molar-refractivity contribution is 6.07. The van der Waals surface area contributed by atoms with Gasteiger partial charge in [-0.25, -0.2) is 4.79 Å². The van der Waals surface area contributed by atoms with Gasteiger partial charge in [0.05, 0.1) is 6.54 Å². The number of nitrogens with one attached hydrogen (secondary N) is 1. The summed E-state index contributed by atoms with van der Waals surface area (Å²) >= 11 is 0. The Balaban J connectivity index is 1.85. The molecule has 1 aliphatic carbocycles. The Labute approximate surface area is 119 Å². The lowest BCUT2D eigenvalue weighted by atomic mass is 9.96. The molecule has 0 aromatic heterocycles. The first-order valence-corrected chi connectivity index (χ1v) is 7.12. The Hall–Kier alpha value is -1.84. The first-order chi connectivity index (χ1) is 9.41. The third kappa shape index (κ3) is 1.99. The summed E-state index contributed by atoms with van der Waals surface area (Å²) < 4.78 is 0. The van der Waals surface area contributed by atoms with Gasteiger partial charge in [-0.2, -0.15) is 0 Å². The summed E-state index contributed by atoms with van der Waals surface area (Å²) in [6, 6.07) is 5.86. The molecule has 3 rings (SSSR count). The van der Waals surface area contributed by atoms with Crippen molar-refractivity contribution < 1.29 is 9.59 Å². The van der Waals surface area contributed by atoms with E-state index in [0.29, 0.717) is 12.5 Å². The fourth-order valence-electron chi connectivity index (χ4n) is 2.94. The molecule has 1 aromatic carbocycles. The zero-order valence-electron chi connectivity index (χ0n) is 12.2. The van der Waals surface area contributed by atoms with Crippen LogP contribution < -0.4 is 5.32 Å². The molecule has 4 heteroatoms. The van der Waals surface area contributed by atoms with Crippen molar-refractivity contribution >= 4 is 11.9 Å². The van der Waals surface area contributed by atoms with Gasteiger partial charge in [0.15, 0.2) is 0 Å². The normalized spacial score (nSPS) is 26.1. The van der Waals surface area contributed by atoms with E-state index in [9.17, 15) is 9.59 Å². The van der Waals surface area contributed by atoms with Crippen LogP contribution in [0, 0.1) is 19.8 Å². The third-order valence-electron chi connectivity index (χ3n) is 4.53. The fourth-order valence-corrected chi connectivity index (χ4v) is 2.94. The van der Waals surface area contributed by atoms with E-state index in [1.54, 1.807) is 0 Å². The van der Waals surface area contributed by atoms with Crippen LogP contribution in [0.15, 0.2) is 18.2 Å². The number of amides is 3. The van der Waals surface area contributed by atoms with Gasteiger partial charge in [0.1, 0.15) is 5.54 Å². The van der Waals surface area contributed by atoms with Crippen molar-refractivity contribution in [1.82, 2.24) is 10.2 Å². The van der Waals surface area contributed by atoms with E-state index in [2.05, 4.69) is 5.32 Å². The van der Waals surface area contributed by atoms with Crippen molar-refractivity contribution in [2.45, 2.75) is 45.7 Å². The summed E-state index contributed by atoms with van der Waals surface area (Å²) in [6.07, 6.45) is 2.06. The highest BCUT2D eigenvalue weighted by atomic mass is 16.2. The summed E-state index contributed by atoms with van der Waals surface area (Å²) in [6.45, 7) is 6.24. The lowest BCUT2D eigenvalue weighted by Gasteiger charge is -2.21. The van der Waals surface area contributed by atoms with Crippen LogP contribution in [0.2, 0.25) is 0 Å². The molecule has 1 saturated heterocycles. The van der Waals surface area contributed by atoms with E-state index in [-0.39, 0.29) is 11.9 Å². The van der Waals surface area contributed by atoms with Crippen molar-refractivity contribution in [3.05, 3.63) is 34.9 Å². The maximum absolute atomic E-state index is 12.6. The molecule has 0 radical (unpaired) electrons. The van der Waals surface area contributed by atoms with E-state index in [1.165, 1.54) is 4.90 Å². The number of hydrogen-bond donors (Lipinski definition) is 1. The minimum Gasteiger partial charge on any atom is -0.323 e. The zero-order chi connectivity index (χ0) is 14.5. The van der Waals surface area contributed by atoms with Crippen molar-refractivity contribution in [2.75, 3.05) is 0 Å². The van der Waals surface area contributed by atoms with Gasteiger partial charge < -0.3 is 5.32 Å². The number of benzene rings is 1. The predicted octanol–water partition coefficient (Wildman–Crippen LogP) is 2.52. The minimum absolute atomic E-state index is 0.0779. The Kier molecular flexibility index (Phi) is 2.85. The Bertz CT molecular complexity index is 592. The smallest absolute Gasteiger partial charge is 0.323 e. The van der Waals surface area contributed by atoms with Gasteiger partial charge >= 0.3 is 6.03 Å². The minimum atomic E-state index is -0.686. The lowest BCUT2D eigenvalue weighted by molar-refractivity contribution is -0.131. The van der Waals surface area contributed by atoms with Crippen LogP contribution in [0.5, 0.6) is 0 Å². The molecule has 20 heavy (non-hydrogen) atoms. The molecule has 1 N–H and O–H groups in total. The molecule has 106 valence electrons. The summed E-state index contributed by atoms with van der Waals surface area (Å²) in [5.74, 6) is 0.230. The number of urea groups is 1. The van der Waals surface area contributed by atoms with Crippen LogP contribution in [-0.2, 0) is 11.3 Å². The van der Waals surface area contributed by atoms with Crippen molar-refractivity contribution in [3.63, 3.8) is 0 Å². The molecule has 1 aliphatic heterocycles. The number of nitrogens with zero attached hydrogens (tertiary/aromatic N) is 1. The summed E-state index contributed by atoms with van der Waals surface area (Å²) in [7, 11) is 0. The Morgan fingerprint density at radius 2 is 2.00 bits per heavy atom.